The molecule has 0 aliphatic carbocycles. The molecule has 0 spiro atoms. The minimum atomic E-state index is 0.870. The molecule has 0 N–H and O–H groups in total. The number of aryl methyl sites for hydroxylation is 3. The van der Waals surface area contributed by atoms with Crippen LogP contribution in [0.15, 0.2) is 16.9 Å². The van der Waals surface area contributed by atoms with Gasteiger partial charge >= 0.3 is 0 Å². The third kappa shape index (κ3) is 3.23. The molecule has 2 heterocycles. The van der Waals surface area contributed by atoms with Gasteiger partial charge in [-0.05, 0) is 27.3 Å². The zero-order chi connectivity index (χ0) is 13.8. The molecule has 2 aromatic heterocycles. The summed E-state index contributed by atoms with van der Waals surface area (Å²) in [6.45, 7) is 11.9. The van der Waals surface area contributed by atoms with E-state index >= 15 is 0 Å². The van der Waals surface area contributed by atoms with Crippen LogP contribution in [0.5, 0.6) is 0 Å². The van der Waals surface area contributed by atoms with Gasteiger partial charge in [-0.15, -0.1) is 0 Å². The van der Waals surface area contributed by atoms with Crippen molar-refractivity contribution in [2.24, 2.45) is 0 Å². The van der Waals surface area contributed by atoms with E-state index in [9.17, 15) is 0 Å². The summed E-state index contributed by atoms with van der Waals surface area (Å²) in [7, 11) is 0. The van der Waals surface area contributed by atoms with Gasteiger partial charge in [-0.2, -0.15) is 5.10 Å². The largest absolute Gasteiger partial charge is 0.361 e. The summed E-state index contributed by atoms with van der Waals surface area (Å²) < 4.78 is 7.18. The molecule has 0 amide bonds. The Morgan fingerprint density at radius 1 is 1.26 bits per heavy atom. The molecule has 19 heavy (non-hydrogen) atoms. The molecular formula is C14H22N4O. The lowest BCUT2D eigenvalue weighted by atomic mass is 10.2. The maximum atomic E-state index is 5.22. The van der Waals surface area contributed by atoms with Crippen LogP contribution < -0.4 is 0 Å². The van der Waals surface area contributed by atoms with Gasteiger partial charge in [-0.25, -0.2) is 0 Å². The Labute approximate surface area is 114 Å². The topological polar surface area (TPSA) is 47.1 Å². The first kappa shape index (κ1) is 13.8. The van der Waals surface area contributed by atoms with Crippen LogP contribution in [0.3, 0.4) is 0 Å². The van der Waals surface area contributed by atoms with Crippen LogP contribution in [0.4, 0.5) is 0 Å². The maximum absolute atomic E-state index is 5.22. The molecule has 5 nitrogen and oxygen atoms in total. The fraction of sp³-hybridized carbons (Fsp3) is 0.571. The van der Waals surface area contributed by atoms with E-state index < -0.39 is 0 Å². The molecule has 0 saturated carbocycles. The Morgan fingerprint density at radius 2 is 2.05 bits per heavy atom. The molecule has 5 heteroatoms. The molecule has 2 rings (SSSR count). The second-order valence-electron chi connectivity index (χ2n) is 4.81. The lowest BCUT2D eigenvalue weighted by Crippen LogP contribution is -2.22. The van der Waals surface area contributed by atoms with Gasteiger partial charge in [-0.1, -0.05) is 12.1 Å². The minimum absolute atomic E-state index is 0.870. The van der Waals surface area contributed by atoms with Gasteiger partial charge in [0.2, 0.25) is 0 Å². The second-order valence-corrected chi connectivity index (χ2v) is 4.81. The van der Waals surface area contributed by atoms with E-state index in [1.807, 2.05) is 24.7 Å². The smallest absolute Gasteiger partial charge is 0.138 e. The quantitative estimate of drug-likeness (QED) is 0.802. The molecule has 0 atom stereocenters. The third-order valence-electron chi connectivity index (χ3n) is 3.43. The lowest BCUT2D eigenvalue weighted by molar-refractivity contribution is 0.269. The van der Waals surface area contributed by atoms with Gasteiger partial charge in [0, 0.05) is 37.0 Å². The monoisotopic (exact) mass is 262 g/mol. The van der Waals surface area contributed by atoms with Crippen LogP contribution in [-0.2, 0) is 19.6 Å². The number of aromatic nitrogens is 3. The highest BCUT2D eigenvalue weighted by molar-refractivity contribution is 5.20. The van der Waals surface area contributed by atoms with E-state index in [1.165, 1.54) is 11.1 Å². The number of nitrogens with zero attached hydrogens (tertiary/aromatic N) is 4. The Bertz CT molecular complexity index is 510. The van der Waals surface area contributed by atoms with E-state index in [4.69, 9.17) is 4.52 Å². The van der Waals surface area contributed by atoms with Crippen LogP contribution in [0, 0.1) is 13.8 Å². The first-order chi connectivity index (χ1) is 9.13. The van der Waals surface area contributed by atoms with Crippen molar-refractivity contribution in [3.05, 3.63) is 35.0 Å². The van der Waals surface area contributed by atoms with Crippen molar-refractivity contribution < 1.29 is 4.52 Å². The van der Waals surface area contributed by atoms with Crippen molar-refractivity contribution in [2.45, 2.75) is 47.3 Å². The van der Waals surface area contributed by atoms with E-state index in [2.05, 4.69) is 35.2 Å². The summed E-state index contributed by atoms with van der Waals surface area (Å²) in [5.41, 5.74) is 3.43. The summed E-state index contributed by atoms with van der Waals surface area (Å²) in [5, 5.41) is 8.32. The summed E-state index contributed by atoms with van der Waals surface area (Å²) in [4.78, 5) is 2.36. The molecule has 0 unspecified atom stereocenters. The van der Waals surface area contributed by atoms with Gasteiger partial charge < -0.3 is 4.52 Å². The Morgan fingerprint density at radius 3 is 2.58 bits per heavy atom. The zero-order valence-corrected chi connectivity index (χ0v) is 12.2. The summed E-state index contributed by atoms with van der Waals surface area (Å²) in [6, 6.07) is 0. The zero-order valence-electron chi connectivity index (χ0n) is 12.2. The van der Waals surface area contributed by atoms with E-state index in [1.54, 1.807) is 0 Å². The van der Waals surface area contributed by atoms with Crippen molar-refractivity contribution in [1.29, 1.82) is 0 Å². The predicted molar refractivity (Wildman–Crippen MR) is 73.7 cm³/mol. The summed E-state index contributed by atoms with van der Waals surface area (Å²) in [5.74, 6) is 0.917. The van der Waals surface area contributed by atoms with Gasteiger partial charge in [0.25, 0.3) is 0 Å². The number of rotatable bonds is 6. The van der Waals surface area contributed by atoms with Crippen molar-refractivity contribution in [2.75, 3.05) is 6.54 Å². The third-order valence-corrected chi connectivity index (χ3v) is 3.43. The molecule has 0 fully saturated rings. The molecule has 0 bridgehead atoms. The first-order valence-corrected chi connectivity index (χ1v) is 6.79. The van der Waals surface area contributed by atoms with E-state index in [0.29, 0.717) is 0 Å². The number of hydrogen-bond acceptors (Lipinski definition) is 4. The minimum Gasteiger partial charge on any atom is -0.361 e. The first-order valence-electron chi connectivity index (χ1n) is 6.79. The lowest BCUT2D eigenvalue weighted by Gasteiger charge is -2.19. The molecule has 0 aliphatic rings. The standard InChI is InChI=1S/C14H22N4O/c1-5-17(8-13-7-15-18(6-2)9-13)10-14-11(3)16-19-12(14)4/h7,9H,5-6,8,10H2,1-4H3. The van der Waals surface area contributed by atoms with Crippen molar-refractivity contribution in [3.8, 4) is 0 Å². The van der Waals surface area contributed by atoms with Gasteiger partial charge in [0.1, 0.15) is 5.76 Å². The average Bonchev–Trinajstić information content (AvgIpc) is 2.99. The average molecular weight is 262 g/mol. The Hall–Kier alpha value is -1.62. The van der Waals surface area contributed by atoms with E-state index in [0.717, 1.165) is 37.6 Å². The van der Waals surface area contributed by atoms with E-state index in [-0.39, 0.29) is 0 Å². The highest BCUT2D eigenvalue weighted by Crippen LogP contribution is 2.16. The molecule has 0 aromatic carbocycles. The molecule has 0 radical (unpaired) electrons. The SMILES string of the molecule is CCN(Cc1cnn(CC)c1)Cc1c(C)noc1C. The van der Waals surface area contributed by atoms with Gasteiger partial charge in [0.15, 0.2) is 0 Å². The molecule has 104 valence electrons. The fourth-order valence-electron chi connectivity index (χ4n) is 2.15. The predicted octanol–water partition coefficient (Wildman–Crippen LogP) is 2.53. The van der Waals surface area contributed by atoms with Crippen LogP contribution >= 0.6 is 0 Å². The van der Waals surface area contributed by atoms with Gasteiger partial charge in [0.05, 0.1) is 11.9 Å². The highest BCUT2D eigenvalue weighted by Gasteiger charge is 2.13. The number of hydrogen-bond donors (Lipinski definition) is 0. The Balaban J connectivity index is 2.04. The molecule has 2 aromatic rings. The maximum Gasteiger partial charge on any atom is 0.138 e. The van der Waals surface area contributed by atoms with Crippen LogP contribution in [0.2, 0.25) is 0 Å². The molecule has 0 aliphatic heterocycles. The molecule has 0 saturated heterocycles. The summed E-state index contributed by atoms with van der Waals surface area (Å²) >= 11 is 0. The van der Waals surface area contributed by atoms with Crippen LogP contribution in [-0.4, -0.2) is 26.4 Å². The highest BCUT2D eigenvalue weighted by atomic mass is 16.5. The fourth-order valence-corrected chi connectivity index (χ4v) is 2.15. The second kappa shape index (κ2) is 6.02. The summed E-state index contributed by atoms with van der Waals surface area (Å²) in [6.07, 6.45) is 4.05. The Kier molecular flexibility index (Phi) is 4.37. The van der Waals surface area contributed by atoms with Gasteiger partial charge in [-0.3, -0.25) is 9.58 Å². The normalized spacial score (nSPS) is 11.4. The van der Waals surface area contributed by atoms with Crippen LogP contribution in [0.25, 0.3) is 0 Å². The van der Waals surface area contributed by atoms with Crippen molar-refractivity contribution in [1.82, 2.24) is 19.8 Å². The van der Waals surface area contributed by atoms with Crippen molar-refractivity contribution in [3.63, 3.8) is 0 Å². The van der Waals surface area contributed by atoms with Crippen molar-refractivity contribution >= 4 is 0 Å². The van der Waals surface area contributed by atoms with Crippen LogP contribution in [0.1, 0.15) is 36.4 Å². The molecular weight excluding hydrogens is 240 g/mol.